The Hall–Kier alpha value is -1.94. The second-order valence-corrected chi connectivity index (χ2v) is 28.8. The minimum atomic E-state index is -4.95. The summed E-state index contributed by atoms with van der Waals surface area (Å²) in [5.41, 5.74) is 0. The van der Waals surface area contributed by atoms with Crippen LogP contribution in [0.4, 0.5) is 0 Å². The van der Waals surface area contributed by atoms with Crippen LogP contribution in [0.3, 0.4) is 0 Å². The van der Waals surface area contributed by atoms with E-state index in [2.05, 4.69) is 34.6 Å². The third-order valence-electron chi connectivity index (χ3n) is 16.9. The van der Waals surface area contributed by atoms with E-state index in [-0.39, 0.29) is 25.7 Å². The maximum atomic E-state index is 13.0. The molecule has 6 atom stereocenters. The molecular weight excluding hydrogens is 1190 g/mol. The van der Waals surface area contributed by atoms with Gasteiger partial charge >= 0.3 is 39.5 Å². The van der Waals surface area contributed by atoms with Gasteiger partial charge in [0.15, 0.2) is 12.2 Å². The van der Waals surface area contributed by atoms with Crippen LogP contribution >= 0.6 is 15.6 Å². The standard InChI is InChI=1S/C71H138O17P2/c1-6-10-13-16-19-21-22-23-24-25-26-27-28-29-30-31-37-42-47-52-57-71(76)88-67(61-82-69(74)55-50-45-40-36-33-32-35-39-43-48-53-64(5)9-4)63-86-90(79,80)84-59-65(72)58-83-89(77,78)85-62-66(60-81-68(73)54-49-44-38-18-15-12-8-3)87-70(75)56-51-46-41-34-20-17-14-11-7-2/h64-67,72H,6-63H2,1-5H3,(H,77,78)(H,79,80)/t64?,65-,66+,67+/m0/s1. The van der Waals surface area contributed by atoms with Gasteiger partial charge in [-0.15, -0.1) is 0 Å². The van der Waals surface area contributed by atoms with Crippen molar-refractivity contribution >= 4 is 39.5 Å². The van der Waals surface area contributed by atoms with Crippen LogP contribution in [0.5, 0.6) is 0 Å². The average molecular weight is 1330 g/mol. The van der Waals surface area contributed by atoms with Gasteiger partial charge in [0.2, 0.25) is 0 Å². The van der Waals surface area contributed by atoms with E-state index in [1.54, 1.807) is 0 Å². The number of phosphoric ester groups is 2. The van der Waals surface area contributed by atoms with Crippen molar-refractivity contribution in [2.45, 2.75) is 387 Å². The Morgan fingerprint density at radius 2 is 0.533 bits per heavy atom. The minimum Gasteiger partial charge on any atom is -0.462 e. The zero-order valence-corrected chi connectivity index (χ0v) is 60.1. The van der Waals surface area contributed by atoms with Gasteiger partial charge < -0.3 is 33.8 Å². The molecule has 0 saturated carbocycles. The van der Waals surface area contributed by atoms with Crippen molar-refractivity contribution in [1.29, 1.82) is 0 Å². The fourth-order valence-corrected chi connectivity index (χ4v) is 12.4. The van der Waals surface area contributed by atoms with Gasteiger partial charge in [-0.05, 0) is 31.6 Å². The molecular formula is C71H138O17P2. The molecule has 0 aliphatic heterocycles. The Kier molecular flexibility index (Phi) is 63.0. The van der Waals surface area contributed by atoms with Gasteiger partial charge in [-0.3, -0.25) is 37.3 Å². The van der Waals surface area contributed by atoms with E-state index in [0.717, 1.165) is 109 Å². The topological polar surface area (TPSA) is 237 Å². The predicted molar refractivity (Wildman–Crippen MR) is 363 cm³/mol. The molecule has 0 amide bonds. The number of aliphatic hydroxyl groups is 1. The molecule has 0 fully saturated rings. The van der Waals surface area contributed by atoms with Gasteiger partial charge in [0.05, 0.1) is 26.4 Å². The molecule has 0 rings (SSSR count). The number of carbonyl (C=O) groups is 4. The zero-order chi connectivity index (χ0) is 66.3. The summed E-state index contributed by atoms with van der Waals surface area (Å²) < 4.78 is 68.1. The van der Waals surface area contributed by atoms with Crippen LogP contribution < -0.4 is 0 Å². The van der Waals surface area contributed by atoms with Crippen molar-refractivity contribution in [3.63, 3.8) is 0 Å². The van der Waals surface area contributed by atoms with Gasteiger partial charge in [-0.25, -0.2) is 9.13 Å². The summed E-state index contributed by atoms with van der Waals surface area (Å²) in [6, 6.07) is 0. The van der Waals surface area contributed by atoms with Gasteiger partial charge in [0.25, 0.3) is 0 Å². The lowest BCUT2D eigenvalue weighted by Gasteiger charge is -2.21. The third-order valence-corrected chi connectivity index (χ3v) is 18.8. The van der Waals surface area contributed by atoms with Crippen LogP contribution in [0.25, 0.3) is 0 Å². The number of hydrogen-bond donors (Lipinski definition) is 3. The first-order chi connectivity index (χ1) is 43.6. The zero-order valence-electron chi connectivity index (χ0n) is 58.3. The lowest BCUT2D eigenvalue weighted by Crippen LogP contribution is -2.30. The summed E-state index contributed by atoms with van der Waals surface area (Å²) in [6.07, 6.45) is 51.5. The van der Waals surface area contributed by atoms with E-state index in [1.807, 2.05) is 0 Å². The Bertz CT molecular complexity index is 1740. The number of carbonyl (C=O) groups excluding carboxylic acids is 4. The van der Waals surface area contributed by atoms with Crippen molar-refractivity contribution < 1.29 is 80.2 Å². The normalized spacial score (nSPS) is 14.4. The highest BCUT2D eigenvalue weighted by Gasteiger charge is 2.30. The predicted octanol–water partition coefficient (Wildman–Crippen LogP) is 20.5. The SMILES string of the molecule is CCCCCCCCCCCCCCCCCCCCCCC(=O)O[C@H](COC(=O)CCCCCCCCCCCCC(C)CC)COP(=O)(O)OC[C@@H](O)COP(=O)(O)OC[C@@H](COC(=O)CCCCCCCCC)OC(=O)CCCCCCCCCCC. The van der Waals surface area contributed by atoms with Crippen LogP contribution in [0, 0.1) is 5.92 Å². The van der Waals surface area contributed by atoms with Gasteiger partial charge in [0.1, 0.15) is 19.3 Å². The van der Waals surface area contributed by atoms with Crippen LogP contribution in [0.2, 0.25) is 0 Å². The maximum absolute atomic E-state index is 13.0. The summed E-state index contributed by atoms with van der Waals surface area (Å²) >= 11 is 0. The van der Waals surface area contributed by atoms with Crippen molar-refractivity contribution in [1.82, 2.24) is 0 Å². The molecule has 3 N–H and O–H groups in total. The summed E-state index contributed by atoms with van der Waals surface area (Å²) in [7, 11) is -9.89. The number of phosphoric acid groups is 2. The van der Waals surface area contributed by atoms with E-state index in [0.29, 0.717) is 25.7 Å². The molecule has 0 radical (unpaired) electrons. The van der Waals surface area contributed by atoms with Crippen LogP contribution in [-0.4, -0.2) is 96.7 Å². The van der Waals surface area contributed by atoms with Crippen LogP contribution in [-0.2, 0) is 65.4 Å². The number of esters is 4. The smallest absolute Gasteiger partial charge is 0.462 e. The summed E-state index contributed by atoms with van der Waals surface area (Å²) in [5, 5.41) is 10.6. The number of ether oxygens (including phenoxy) is 4. The Balaban J connectivity index is 5.16. The number of unbranched alkanes of at least 4 members (excludes halogenated alkanes) is 42. The molecule has 0 aliphatic rings. The Labute approximate surface area is 549 Å². The summed E-state index contributed by atoms with van der Waals surface area (Å²) in [5.74, 6) is -1.32. The fourth-order valence-electron chi connectivity index (χ4n) is 10.8. The fraction of sp³-hybridized carbons (Fsp3) is 0.944. The highest BCUT2D eigenvalue weighted by atomic mass is 31.2. The largest absolute Gasteiger partial charge is 0.472 e. The number of aliphatic hydroxyl groups excluding tert-OH is 1. The molecule has 90 heavy (non-hydrogen) atoms. The molecule has 3 unspecified atom stereocenters. The van der Waals surface area contributed by atoms with Crippen molar-refractivity contribution in [3.8, 4) is 0 Å². The molecule has 0 bridgehead atoms. The molecule has 0 saturated heterocycles. The lowest BCUT2D eigenvalue weighted by molar-refractivity contribution is -0.161. The highest BCUT2D eigenvalue weighted by Crippen LogP contribution is 2.45. The first kappa shape index (κ1) is 88.1. The third kappa shape index (κ3) is 63.5. The van der Waals surface area contributed by atoms with E-state index in [4.69, 9.17) is 37.0 Å². The van der Waals surface area contributed by atoms with E-state index < -0.39 is 97.5 Å². The first-order valence-corrected chi connectivity index (χ1v) is 40.2. The Morgan fingerprint density at radius 3 is 0.789 bits per heavy atom. The van der Waals surface area contributed by atoms with Gasteiger partial charge in [0, 0.05) is 25.7 Å². The van der Waals surface area contributed by atoms with Crippen LogP contribution in [0.1, 0.15) is 369 Å². The molecule has 0 spiro atoms. The average Bonchev–Trinajstić information content (AvgIpc) is 3.54. The second-order valence-electron chi connectivity index (χ2n) is 25.9. The highest BCUT2D eigenvalue weighted by molar-refractivity contribution is 7.47. The molecule has 0 heterocycles. The maximum Gasteiger partial charge on any atom is 0.472 e. The molecule has 0 aliphatic carbocycles. The van der Waals surface area contributed by atoms with Gasteiger partial charge in [-0.2, -0.15) is 0 Å². The Morgan fingerprint density at radius 1 is 0.311 bits per heavy atom. The molecule has 19 heteroatoms. The molecule has 0 aromatic heterocycles. The van der Waals surface area contributed by atoms with Gasteiger partial charge in [-0.1, -0.05) is 317 Å². The van der Waals surface area contributed by atoms with E-state index in [9.17, 15) is 43.2 Å². The molecule has 17 nitrogen and oxygen atoms in total. The lowest BCUT2D eigenvalue weighted by atomic mass is 9.99. The molecule has 534 valence electrons. The van der Waals surface area contributed by atoms with Crippen molar-refractivity contribution in [3.05, 3.63) is 0 Å². The van der Waals surface area contributed by atoms with Crippen LogP contribution in [0.15, 0.2) is 0 Å². The monoisotopic (exact) mass is 1320 g/mol. The second kappa shape index (κ2) is 64.4. The quantitative estimate of drug-likeness (QED) is 0.0222. The minimum absolute atomic E-state index is 0.106. The summed E-state index contributed by atoms with van der Waals surface area (Å²) in [4.78, 5) is 72.4. The number of rotatable bonds is 71. The van der Waals surface area contributed by atoms with Crippen molar-refractivity contribution in [2.75, 3.05) is 39.6 Å². The first-order valence-electron chi connectivity index (χ1n) is 37.2. The molecule has 0 aromatic rings. The molecule has 0 aromatic carbocycles. The summed E-state index contributed by atoms with van der Waals surface area (Å²) in [6.45, 7) is 7.22. The number of hydrogen-bond acceptors (Lipinski definition) is 15. The van der Waals surface area contributed by atoms with E-state index >= 15 is 0 Å². The van der Waals surface area contributed by atoms with E-state index in [1.165, 1.54) is 180 Å². The van der Waals surface area contributed by atoms with Crippen molar-refractivity contribution in [2.24, 2.45) is 5.92 Å².